The zero-order chi connectivity index (χ0) is 9.68. The third kappa shape index (κ3) is 3.45. The summed E-state index contributed by atoms with van der Waals surface area (Å²) in [5.41, 5.74) is 0.733. The highest BCUT2D eigenvalue weighted by atomic mass is 16.5. The number of rotatable bonds is 5. The first-order chi connectivity index (χ1) is 6.27. The van der Waals surface area contributed by atoms with Gasteiger partial charge < -0.3 is 4.74 Å². The topological polar surface area (TPSA) is 21.6 Å². The second kappa shape index (κ2) is 4.85. The average Bonchev–Trinajstić information content (AvgIpc) is 2.88. The summed E-state index contributed by atoms with van der Waals surface area (Å²) in [5, 5.41) is 0. The molecule has 0 heterocycles. The van der Waals surface area contributed by atoms with Crippen LogP contribution in [0.2, 0.25) is 0 Å². The zero-order valence-corrected chi connectivity index (χ0v) is 8.42. The summed E-state index contributed by atoms with van der Waals surface area (Å²) < 4.78 is 5.66. The van der Waals surface area contributed by atoms with E-state index in [0.29, 0.717) is 6.10 Å². The molecule has 1 rings (SSSR count). The maximum atomic E-state index is 5.66. The van der Waals surface area contributed by atoms with Gasteiger partial charge in [0.25, 0.3) is 0 Å². The molecule has 1 fully saturated rings. The van der Waals surface area contributed by atoms with Crippen LogP contribution in [-0.2, 0) is 4.74 Å². The Hall–Kier alpha value is -1.05. The third-order valence-corrected chi connectivity index (χ3v) is 1.78. The number of aliphatic imine (C=N–C) groups is 1. The van der Waals surface area contributed by atoms with Crippen LogP contribution in [0.4, 0.5) is 0 Å². The molecule has 0 saturated heterocycles. The van der Waals surface area contributed by atoms with Crippen LogP contribution in [0.5, 0.6) is 0 Å². The van der Waals surface area contributed by atoms with Crippen molar-refractivity contribution in [2.75, 3.05) is 0 Å². The molecule has 0 aliphatic heterocycles. The highest BCUT2D eigenvalue weighted by Crippen LogP contribution is 2.28. The standard InChI is InChI=1S/C11H17NO/c1-4-6-11(9(3)12-5-2)13-10-7-8-10/h5-6,10H,3-4,7-8H2,1-2H3/b11-6+,12-5-. The Labute approximate surface area is 80.0 Å². The minimum atomic E-state index is 0.418. The first-order valence-electron chi connectivity index (χ1n) is 4.82. The first kappa shape index (κ1) is 10.0. The van der Waals surface area contributed by atoms with Crippen molar-refractivity contribution in [3.05, 3.63) is 24.1 Å². The molecule has 2 heteroatoms. The van der Waals surface area contributed by atoms with Crippen molar-refractivity contribution in [3.63, 3.8) is 0 Å². The quantitative estimate of drug-likeness (QED) is 0.361. The smallest absolute Gasteiger partial charge is 0.140 e. The van der Waals surface area contributed by atoms with E-state index in [1.54, 1.807) is 6.21 Å². The van der Waals surface area contributed by atoms with Crippen LogP contribution in [-0.4, -0.2) is 12.3 Å². The van der Waals surface area contributed by atoms with Crippen molar-refractivity contribution in [2.24, 2.45) is 4.99 Å². The number of ether oxygens (including phenoxy) is 1. The molecule has 0 atom stereocenters. The predicted octanol–water partition coefficient (Wildman–Crippen LogP) is 3.06. The summed E-state index contributed by atoms with van der Waals surface area (Å²) in [6.45, 7) is 7.82. The molecule has 0 aromatic carbocycles. The lowest BCUT2D eigenvalue weighted by molar-refractivity contribution is 0.203. The Morgan fingerprint density at radius 2 is 2.31 bits per heavy atom. The van der Waals surface area contributed by atoms with Crippen molar-refractivity contribution in [2.45, 2.75) is 39.2 Å². The van der Waals surface area contributed by atoms with E-state index < -0.39 is 0 Å². The zero-order valence-electron chi connectivity index (χ0n) is 8.42. The lowest BCUT2D eigenvalue weighted by atomic mass is 10.3. The van der Waals surface area contributed by atoms with E-state index in [-0.39, 0.29) is 0 Å². The van der Waals surface area contributed by atoms with Gasteiger partial charge in [-0.2, -0.15) is 0 Å². The maximum Gasteiger partial charge on any atom is 0.140 e. The molecule has 0 N–H and O–H groups in total. The fourth-order valence-corrected chi connectivity index (χ4v) is 1.00. The Balaban J connectivity index is 2.54. The fourth-order valence-electron chi connectivity index (χ4n) is 1.00. The molecule has 0 radical (unpaired) electrons. The number of hydrogen-bond acceptors (Lipinski definition) is 2. The van der Waals surface area contributed by atoms with E-state index in [1.165, 1.54) is 12.8 Å². The lowest BCUT2D eigenvalue weighted by Crippen LogP contribution is -1.96. The number of hydrogen-bond donors (Lipinski definition) is 0. The molecule has 1 aliphatic carbocycles. The van der Waals surface area contributed by atoms with Crippen molar-refractivity contribution in [1.29, 1.82) is 0 Å². The highest BCUT2D eigenvalue weighted by Gasteiger charge is 2.24. The van der Waals surface area contributed by atoms with Gasteiger partial charge in [0, 0.05) is 6.21 Å². The van der Waals surface area contributed by atoms with E-state index in [9.17, 15) is 0 Å². The maximum absolute atomic E-state index is 5.66. The number of nitrogens with zero attached hydrogens (tertiary/aromatic N) is 1. The van der Waals surface area contributed by atoms with Crippen LogP contribution in [0, 0.1) is 0 Å². The van der Waals surface area contributed by atoms with Crippen LogP contribution in [0.15, 0.2) is 29.1 Å². The van der Waals surface area contributed by atoms with E-state index in [0.717, 1.165) is 17.9 Å². The van der Waals surface area contributed by atoms with Gasteiger partial charge in [-0.15, -0.1) is 0 Å². The predicted molar refractivity (Wildman–Crippen MR) is 55.8 cm³/mol. The van der Waals surface area contributed by atoms with E-state index >= 15 is 0 Å². The fraction of sp³-hybridized carbons (Fsp3) is 0.545. The molecule has 1 saturated carbocycles. The van der Waals surface area contributed by atoms with Gasteiger partial charge in [0.05, 0.1) is 11.8 Å². The summed E-state index contributed by atoms with van der Waals surface area (Å²) in [4.78, 5) is 4.11. The summed E-state index contributed by atoms with van der Waals surface area (Å²) in [7, 11) is 0. The van der Waals surface area contributed by atoms with Crippen molar-refractivity contribution in [3.8, 4) is 0 Å². The van der Waals surface area contributed by atoms with Gasteiger partial charge in [-0.25, -0.2) is 0 Å². The summed E-state index contributed by atoms with van der Waals surface area (Å²) >= 11 is 0. The van der Waals surface area contributed by atoms with Crippen LogP contribution < -0.4 is 0 Å². The minimum Gasteiger partial charge on any atom is -0.489 e. The molecule has 0 bridgehead atoms. The van der Waals surface area contributed by atoms with E-state index in [4.69, 9.17) is 4.74 Å². The lowest BCUT2D eigenvalue weighted by Gasteiger charge is -2.08. The first-order valence-corrected chi connectivity index (χ1v) is 4.82. The van der Waals surface area contributed by atoms with Gasteiger partial charge in [0.1, 0.15) is 5.76 Å². The monoisotopic (exact) mass is 179 g/mol. The molecular formula is C11H17NO. The van der Waals surface area contributed by atoms with E-state index in [2.05, 4.69) is 18.5 Å². The van der Waals surface area contributed by atoms with Gasteiger partial charge in [0.2, 0.25) is 0 Å². The van der Waals surface area contributed by atoms with Gasteiger partial charge >= 0.3 is 0 Å². The van der Waals surface area contributed by atoms with Crippen molar-refractivity contribution in [1.82, 2.24) is 0 Å². The second-order valence-corrected chi connectivity index (χ2v) is 3.13. The summed E-state index contributed by atoms with van der Waals surface area (Å²) in [5.74, 6) is 0.850. The van der Waals surface area contributed by atoms with Crippen molar-refractivity contribution >= 4 is 6.21 Å². The normalized spacial score (nSPS) is 17.8. The largest absolute Gasteiger partial charge is 0.489 e. The van der Waals surface area contributed by atoms with Crippen LogP contribution in [0.1, 0.15) is 33.1 Å². The Morgan fingerprint density at radius 1 is 1.62 bits per heavy atom. The van der Waals surface area contributed by atoms with Crippen molar-refractivity contribution < 1.29 is 4.74 Å². The minimum absolute atomic E-state index is 0.418. The number of allylic oxidation sites excluding steroid dienone is 1. The van der Waals surface area contributed by atoms with Gasteiger partial charge in [0.15, 0.2) is 0 Å². The van der Waals surface area contributed by atoms with Crippen LogP contribution in [0.3, 0.4) is 0 Å². The molecule has 72 valence electrons. The average molecular weight is 179 g/mol. The van der Waals surface area contributed by atoms with Gasteiger partial charge in [-0.05, 0) is 32.3 Å². The molecule has 1 aliphatic rings. The molecular weight excluding hydrogens is 162 g/mol. The van der Waals surface area contributed by atoms with E-state index in [1.807, 2.05) is 13.0 Å². The Morgan fingerprint density at radius 3 is 2.77 bits per heavy atom. The second-order valence-electron chi connectivity index (χ2n) is 3.13. The van der Waals surface area contributed by atoms with Crippen LogP contribution >= 0.6 is 0 Å². The molecule has 13 heavy (non-hydrogen) atoms. The molecule has 0 aromatic rings. The van der Waals surface area contributed by atoms with Crippen LogP contribution in [0.25, 0.3) is 0 Å². The van der Waals surface area contributed by atoms with Gasteiger partial charge in [-0.3, -0.25) is 4.99 Å². The molecule has 0 aromatic heterocycles. The molecule has 0 amide bonds. The molecule has 0 unspecified atom stereocenters. The SMILES string of the molecule is C=C(/N=C\C)/C(=C\CC)OC1CC1. The molecule has 0 spiro atoms. The summed E-state index contributed by atoms with van der Waals surface area (Å²) in [6.07, 6.45) is 7.49. The highest BCUT2D eigenvalue weighted by molar-refractivity contribution is 5.56. The Bertz CT molecular complexity index is 236. The van der Waals surface area contributed by atoms with Gasteiger partial charge in [-0.1, -0.05) is 13.5 Å². The third-order valence-electron chi connectivity index (χ3n) is 1.78. The molecule has 2 nitrogen and oxygen atoms in total. The Kier molecular flexibility index (Phi) is 3.74. The summed E-state index contributed by atoms with van der Waals surface area (Å²) in [6, 6.07) is 0.